The van der Waals surface area contributed by atoms with E-state index in [9.17, 15) is 4.79 Å². The highest BCUT2D eigenvalue weighted by Crippen LogP contribution is 2.23. The Morgan fingerprint density at radius 2 is 1.79 bits per heavy atom. The van der Waals surface area contributed by atoms with Crippen LogP contribution >= 0.6 is 27.5 Å². The summed E-state index contributed by atoms with van der Waals surface area (Å²) in [5.41, 5.74) is 1.65. The summed E-state index contributed by atoms with van der Waals surface area (Å²) in [6, 6.07) is 14.6. The summed E-state index contributed by atoms with van der Waals surface area (Å²) in [6.45, 7) is 1.95. The van der Waals surface area contributed by atoms with Gasteiger partial charge < -0.3 is 5.32 Å². The monoisotopic (exact) mass is 337 g/mol. The Balaban J connectivity index is 2.11. The number of benzene rings is 2. The predicted molar refractivity (Wildman–Crippen MR) is 81.5 cm³/mol. The van der Waals surface area contributed by atoms with E-state index in [1.807, 2.05) is 31.2 Å². The topological polar surface area (TPSA) is 29.1 Å². The summed E-state index contributed by atoms with van der Waals surface area (Å²) in [4.78, 5) is 12.1. The van der Waals surface area contributed by atoms with Crippen molar-refractivity contribution in [3.8, 4) is 0 Å². The lowest BCUT2D eigenvalue weighted by atomic mass is 10.1. The second-order valence-corrected chi connectivity index (χ2v) is 5.51. The van der Waals surface area contributed by atoms with Crippen molar-refractivity contribution < 1.29 is 4.79 Å². The Morgan fingerprint density at radius 3 is 2.42 bits per heavy atom. The number of carbonyl (C=O) groups is 1. The lowest BCUT2D eigenvalue weighted by Crippen LogP contribution is -2.26. The molecule has 0 aromatic heterocycles. The molecule has 2 aromatic carbocycles. The summed E-state index contributed by atoms with van der Waals surface area (Å²) >= 11 is 9.28. The molecule has 0 aliphatic heterocycles. The fraction of sp³-hybridized carbons (Fsp3) is 0.133. The number of halogens is 2. The molecule has 0 saturated carbocycles. The molecule has 2 rings (SSSR count). The third-order valence-electron chi connectivity index (χ3n) is 2.83. The second-order valence-electron chi connectivity index (χ2n) is 4.22. The highest BCUT2D eigenvalue weighted by atomic mass is 79.9. The first-order valence-corrected chi connectivity index (χ1v) is 7.06. The van der Waals surface area contributed by atoms with E-state index in [4.69, 9.17) is 11.6 Å². The number of amides is 1. The van der Waals surface area contributed by atoms with Crippen LogP contribution in [0.25, 0.3) is 0 Å². The van der Waals surface area contributed by atoms with Gasteiger partial charge in [-0.3, -0.25) is 4.79 Å². The average Bonchev–Trinajstić information content (AvgIpc) is 2.39. The van der Waals surface area contributed by atoms with Crippen LogP contribution in [-0.4, -0.2) is 5.91 Å². The summed E-state index contributed by atoms with van der Waals surface area (Å²) in [5, 5.41) is 3.58. The lowest BCUT2D eigenvalue weighted by molar-refractivity contribution is 0.0940. The molecule has 0 heterocycles. The minimum Gasteiger partial charge on any atom is -0.345 e. The van der Waals surface area contributed by atoms with Crippen LogP contribution in [0.3, 0.4) is 0 Å². The van der Waals surface area contributed by atoms with Gasteiger partial charge in [0.05, 0.1) is 6.04 Å². The van der Waals surface area contributed by atoms with Crippen LogP contribution in [0.4, 0.5) is 0 Å². The van der Waals surface area contributed by atoms with Crippen molar-refractivity contribution in [1.29, 1.82) is 0 Å². The molecule has 19 heavy (non-hydrogen) atoms. The highest BCUT2D eigenvalue weighted by molar-refractivity contribution is 9.10. The molecule has 0 aliphatic carbocycles. The van der Waals surface area contributed by atoms with Crippen molar-refractivity contribution in [2.45, 2.75) is 13.0 Å². The number of rotatable bonds is 3. The maximum Gasteiger partial charge on any atom is 0.251 e. The number of hydrogen-bond acceptors (Lipinski definition) is 1. The maximum atomic E-state index is 12.1. The zero-order chi connectivity index (χ0) is 13.8. The minimum absolute atomic E-state index is 0.0706. The van der Waals surface area contributed by atoms with Gasteiger partial charge >= 0.3 is 0 Å². The maximum absolute atomic E-state index is 12.1. The van der Waals surface area contributed by atoms with E-state index in [2.05, 4.69) is 21.2 Å². The Bertz CT molecular complexity index is 583. The zero-order valence-corrected chi connectivity index (χ0v) is 12.7. The van der Waals surface area contributed by atoms with Crippen molar-refractivity contribution in [3.63, 3.8) is 0 Å². The zero-order valence-electron chi connectivity index (χ0n) is 10.4. The van der Waals surface area contributed by atoms with Crippen LogP contribution in [-0.2, 0) is 0 Å². The fourth-order valence-electron chi connectivity index (χ4n) is 1.79. The van der Waals surface area contributed by atoms with Crippen LogP contribution in [0.2, 0.25) is 5.02 Å². The Labute approximate surface area is 125 Å². The van der Waals surface area contributed by atoms with Crippen molar-refractivity contribution in [1.82, 2.24) is 5.32 Å². The van der Waals surface area contributed by atoms with E-state index < -0.39 is 0 Å². The molecule has 1 N–H and O–H groups in total. The molecule has 0 fully saturated rings. The van der Waals surface area contributed by atoms with Gasteiger partial charge in [-0.2, -0.15) is 0 Å². The van der Waals surface area contributed by atoms with Gasteiger partial charge in [-0.25, -0.2) is 0 Å². The molecule has 4 heteroatoms. The van der Waals surface area contributed by atoms with Crippen LogP contribution < -0.4 is 5.32 Å². The van der Waals surface area contributed by atoms with E-state index in [0.717, 1.165) is 10.0 Å². The number of carbonyl (C=O) groups excluding carboxylic acids is 1. The molecule has 98 valence electrons. The molecule has 0 radical (unpaired) electrons. The first-order valence-electron chi connectivity index (χ1n) is 5.89. The van der Waals surface area contributed by atoms with Gasteiger partial charge in [0.25, 0.3) is 5.91 Å². The Hall–Kier alpha value is -1.32. The van der Waals surface area contributed by atoms with Gasteiger partial charge in [-0.05, 0) is 42.8 Å². The van der Waals surface area contributed by atoms with Crippen LogP contribution in [0, 0.1) is 0 Å². The first kappa shape index (κ1) is 14.1. The normalized spacial score (nSPS) is 11.9. The van der Waals surface area contributed by atoms with Crippen molar-refractivity contribution in [2.75, 3.05) is 0 Å². The molecular formula is C15H13BrClNO. The van der Waals surface area contributed by atoms with E-state index in [1.54, 1.807) is 24.3 Å². The van der Waals surface area contributed by atoms with Crippen molar-refractivity contribution >= 4 is 33.4 Å². The standard InChI is InChI=1S/C15H13BrClNO/c1-10(13-4-2-3-5-14(13)16)18-15(19)11-6-8-12(17)9-7-11/h2-10H,1H3,(H,18,19). The largest absolute Gasteiger partial charge is 0.345 e. The van der Waals surface area contributed by atoms with Crippen molar-refractivity contribution in [3.05, 3.63) is 69.2 Å². The molecule has 1 amide bonds. The van der Waals surface area contributed by atoms with Crippen molar-refractivity contribution in [2.24, 2.45) is 0 Å². The van der Waals surface area contributed by atoms with E-state index in [0.29, 0.717) is 10.6 Å². The molecular weight excluding hydrogens is 326 g/mol. The SMILES string of the molecule is CC(NC(=O)c1ccc(Cl)cc1)c1ccccc1Br. The second kappa shape index (κ2) is 6.22. The molecule has 0 saturated heterocycles. The van der Waals surface area contributed by atoms with Gasteiger partial charge in [0.15, 0.2) is 0 Å². The predicted octanol–water partition coefficient (Wildman–Crippen LogP) is 4.59. The Morgan fingerprint density at radius 1 is 1.16 bits per heavy atom. The fourth-order valence-corrected chi connectivity index (χ4v) is 2.54. The molecule has 0 spiro atoms. The highest BCUT2D eigenvalue weighted by Gasteiger charge is 2.13. The quantitative estimate of drug-likeness (QED) is 0.871. The van der Waals surface area contributed by atoms with E-state index >= 15 is 0 Å². The van der Waals surface area contributed by atoms with Crippen LogP contribution in [0.1, 0.15) is 28.9 Å². The number of nitrogens with one attached hydrogen (secondary N) is 1. The van der Waals surface area contributed by atoms with E-state index in [1.165, 1.54) is 0 Å². The number of hydrogen-bond donors (Lipinski definition) is 1. The molecule has 1 unspecified atom stereocenters. The average molecular weight is 339 g/mol. The van der Waals surface area contributed by atoms with Gasteiger partial charge in [0, 0.05) is 15.1 Å². The van der Waals surface area contributed by atoms with Gasteiger partial charge in [-0.1, -0.05) is 45.7 Å². The third-order valence-corrected chi connectivity index (χ3v) is 3.80. The smallest absolute Gasteiger partial charge is 0.251 e. The van der Waals surface area contributed by atoms with E-state index in [-0.39, 0.29) is 11.9 Å². The first-order chi connectivity index (χ1) is 9.08. The third kappa shape index (κ3) is 3.58. The summed E-state index contributed by atoms with van der Waals surface area (Å²) in [5.74, 6) is -0.111. The van der Waals surface area contributed by atoms with Gasteiger partial charge in [0.2, 0.25) is 0 Å². The summed E-state index contributed by atoms with van der Waals surface area (Å²) < 4.78 is 0.985. The summed E-state index contributed by atoms with van der Waals surface area (Å²) in [7, 11) is 0. The van der Waals surface area contributed by atoms with Gasteiger partial charge in [0.1, 0.15) is 0 Å². The molecule has 0 bridgehead atoms. The van der Waals surface area contributed by atoms with Crippen LogP contribution in [0.5, 0.6) is 0 Å². The molecule has 0 aliphatic rings. The minimum atomic E-state index is -0.111. The molecule has 1 atom stereocenters. The molecule has 2 aromatic rings. The lowest BCUT2D eigenvalue weighted by Gasteiger charge is -2.15. The van der Waals surface area contributed by atoms with Gasteiger partial charge in [-0.15, -0.1) is 0 Å². The van der Waals surface area contributed by atoms with Crippen LogP contribution in [0.15, 0.2) is 53.0 Å². The Kier molecular flexibility index (Phi) is 4.61. The summed E-state index contributed by atoms with van der Waals surface area (Å²) in [6.07, 6.45) is 0. The molecule has 2 nitrogen and oxygen atoms in total.